The van der Waals surface area contributed by atoms with Crippen molar-refractivity contribution in [1.82, 2.24) is 9.55 Å². The Hall–Kier alpha value is -2.52. The van der Waals surface area contributed by atoms with E-state index in [0.29, 0.717) is 4.57 Å². The van der Waals surface area contributed by atoms with Crippen molar-refractivity contribution < 1.29 is 24.5 Å². The molecule has 2 rings (SSSR count). The van der Waals surface area contributed by atoms with Crippen molar-refractivity contribution in [2.24, 2.45) is 5.73 Å². The number of H-pyrrole nitrogens is 1. The van der Waals surface area contributed by atoms with Crippen LogP contribution in [0.15, 0.2) is 21.9 Å². The van der Waals surface area contributed by atoms with Crippen LogP contribution in [-0.2, 0) is 20.0 Å². The van der Waals surface area contributed by atoms with Gasteiger partial charge in [-0.15, -0.1) is 0 Å². The van der Waals surface area contributed by atoms with E-state index in [1.807, 2.05) is 4.98 Å². The summed E-state index contributed by atoms with van der Waals surface area (Å²) in [6.07, 6.45) is -3.75. The predicted molar refractivity (Wildman–Crippen MR) is 71.8 cm³/mol. The minimum absolute atomic E-state index is 0.395. The van der Waals surface area contributed by atoms with Crippen LogP contribution >= 0.6 is 0 Å². The Morgan fingerprint density at radius 3 is 2.83 bits per heavy atom. The van der Waals surface area contributed by atoms with Gasteiger partial charge in [-0.05, 0) is 0 Å². The molecule has 11 nitrogen and oxygen atoms in total. The SMILES string of the molecule is N#C[C@@]1(n2ccc(=O)[nH]c2=O)O[C@H](COC(=O)CN)C(O)C1O. The van der Waals surface area contributed by atoms with Gasteiger partial charge in [0.1, 0.15) is 31.0 Å². The minimum Gasteiger partial charge on any atom is -0.462 e. The molecular weight excluding hydrogens is 312 g/mol. The number of hydrogen-bond donors (Lipinski definition) is 4. The number of hydrogen-bond acceptors (Lipinski definition) is 9. The van der Waals surface area contributed by atoms with Crippen molar-refractivity contribution in [3.05, 3.63) is 33.1 Å². The lowest BCUT2D eigenvalue weighted by atomic mass is 10.0. The zero-order valence-electron chi connectivity index (χ0n) is 11.7. The number of rotatable bonds is 4. The topological polar surface area (TPSA) is 181 Å². The van der Waals surface area contributed by atoms with Crippen molar-refractivity contribution in [2.75, 3.05) is 13.2 Å². The van der Waals surface area contributed by atoms with Gasteiger partial charge in [-0.1, -0.05) is 0 Å². The first kappa shape index (κ1) is 16.8. The molecule has 5 N–H and O–H groups in total. The second-order valence-electron chi connectivity index (χ2n) is 4.77. The predicted octanol–water partition coefficient (Wildman–Crippen LogP) is -3.66. The Morgan fingerprint density at radius 2 is 2.26 bits per heavy atom. The fourth-order valence-electron chi connectivity index (χ4n) is 2.20. The Balaban J connectivity index is 2.35. The molecule has 11 heteroatoms. The number of esters is 1. The molecule has 1 saturated heterocycles. The lowest BCUT2D eigenvalue weighted by molar-refractivity contribution is -0.152. The van der Waals surface area contributed by atoms with Crippen LogP contribution < -0.4 is 17.0 Å². The number of carbonyl (C=O) groups excluding carboxylic acids is 1. The Bertz CT molecular complexity index is 751. The van der Waals surface area contributed by atoms with Gasteiger partial charge < -0.3 is 25.4 Å². The van der Waals surface area contributed by atoms with Gasteiger partial charge in [0, 0.05) is 12.3 Å². The molecule has 1 aromatic heterocycles. The summed E-state index contributed by atoms with van der Waals surface area (Å²) in [5, 5.41) is 29.5. The van der Waals surface area contributed by atoms with Gasteiger partial charge in [-0.25, -0.2) is 4.79 Å². The largest absolute Gasteiger partial charge is 0.462 e. The number of nitrogens with one attached hydrogen (secondary N) is 1. The van der Waals surface area contributed by atoms with Gasteiger partial charge in [0.15, 0.2) is 0 Å². The highest BCUT2D eigenvalue weighted by Crippen LogP contribution is 2.34. The van der Waals surface area contributed by atoms with Gasteiger partial charge in [0.05, 0.1) is 6.54 Å². The first-order valence-corrected chi connectivity index (χ1v) is 6.49. The summed E-state index contributed by atoms with van der Waals surface area (Å²) in [4.78, 5) is 35.9. The lowest BCUT2D eigenvalue weighted by Gasteiger charge is -2.26. The molecular formula is C12H14N4O7. The van der Waals surface area contributed by atoms with E-state index < -0.39 is 54.4 Å². The number of carbonyl (C=O) groups is 1. The van der Waals surface area contributed by atoms with Crippen LogP contribution in [0.4, 0.5) is 0 Å². The molecule has 0 spiro atoms. The maximum atomic E-state index is 11.8. The molecule has 1 aliphatic rings. The van der Waals surface area contributed by atoms with E-state index in [1.165, 1.54) is 0 Å². The number of aromatic nitrogens is 2. The smallest absolute Gasteiger partial charge is 0.331 e. The molecule has 2 heterocycles. The van der Waals surface area contributed by atoms with Crippen LogP contribution in [0.5, 0.6) is 0 Å². The lowest BCUT2D eigenvalue weighted by Crippen LogP contribution is -2.50. The molecule has 2 unspecified atom stereocenters. The van der Waals surface area contributed by atoms with Gasteiger partial charge in [0.25, 0.3) is 11.3 Å². The van der Waals surface area contributed by atoms with E-state index in [1.54, 1.807) is 6.07 Å². The summed E-state index contributed by atoms with van der Waals surface area (Å²) >= 11 is 0. The number of aliphatic hydroxyl groups is 2. The van der Waals surface area contributed by atoms with Gasteiger partial charge in [0.2, 0.25) is 0 Å². The van der Waals surface area contributed by atoms with E-state index in [9.17, 15) is 29.9 Å². The highest BCUT2D eigenvalue weighted by atomic mass is 16.6. The maximum Gasteiger partial charge on any atom is 0.331 e. The number of aliphatic hydroxyl groups excluding tert-OH is 2. The molecule has 0 amide bonds. The van der Waals surface area contributed by atoms with E-state index >= 15 is 0 Å². The molecule has 0 radical (unpaired) electrons. The number of nitriles is 1. The molecule has 0 aromatic carbocycles. The minimum atomic E-state index is -2.28. The normalized spacial score (nSPS) is 29.9. The quantitative estimate of drug-likeness (QED) is 0.405. The van der Waals surface area contributed by atoms with Crippen LogP contribution in [0, 0.1) is 11.3 Å². The summed E-state index contributed by atoms with van der Waals surface area (Å²) < 4.78 is 10.6. The summed E-state index contributed by atoms with van der Waals surface area (Å²) in [6.45, 7) is -0.871. The Labute approximate surface area is 128 Å². The monoisotopic (exact) mass is 326 g/mol. The van der Waals surface area contributed by atoms with Crippen LogP contribution in [0.25, 0.3) is 0 Å². The Kier molecular flexibility index (Phi) is 4.62. The van der Waals surface area contributed by atoms with Crippen molar-refractivity contribution >= 4 is 5.97 Å². The average molecular weight is 326 g/mol. The van der Waals surface area contributed by atoms with E-state index in [2.05, 4.69) is 0 Å². The number of aromatic amines is 1. The standard InChI is InChI=1S/C12H14N4O7/c13-3-8(18)22-4-6-9(19)10(20)12(5-14,23-6)16-2-1-7(17)15-11(16)21/h1-2,6,9-10,19-20H,3-4,13H2,(H,15,17,21)/t6-,9?,10?,12-/m1/s1. The van der Waals surface area contributed by atoms with Crippen molar-refractivity contribution in [2.45, 2.75) is 24.0 Å². The molecule has 124 valence electrons. The molecule has 0 aliphatic carbocycles. The van der Waals surface area contributed by atoms with Gasteiger partial charge in [-0.3, -0.25) is 19.1 Å². The van der Waals surface area contributed by atoms with Crippen LogP contribution in [0.1, 0.15) is 0 Å². The highest BCUT2D eigenvalue weighted by molar-refractivity contribution is 5.71. The summed E-state index contributed by atoms with van der Waals surface area (Å²) in [5.74, 6) is -0.772. The molecule has 0 saturated carbocycles. The van der Waals surface area contributed by atoms with E-state index in [4.69, 9.17) is 15.2 Å². The first-order chi connectivity index (χ1) is 10.9. The summed E-state index contributed by atoms with van der Waals surface area (Å²) in [5.41, 5.74) is 1.07. The summed E-state index contributed by atoms with van der Waals surface area (Å²) in [7, 11) is 0. The second-order valence-corrected chi connectivity index (χ2v) is 4.77. The first-order valence-electron chi connectivity index (χ1n) is 6.49. The third kappa shape index (κ3) is 2.88. The zero-order valence-corrected chi connectivity index (χ0v) is 11.7. The molecule has 0 bridgehead atoms. The van der Waals surface area contributed by atoms with E-state index in [0.717, 1.165) is 12.3 Å². The van der Waals surface area contributed by atoms with Crippen molar-refractivity contribution in [3.63, 3.8) is 0 Å². The van der Waals surface area contributed by atoms with Crippen LogP contribution in [-0.4, -0.2) is 57.2 Å². The van der Waals surface area contributed by atoms with Crippen LogP contribution in [0.2, 0.25) is 0 Å². The average Bonchev–Trinajstić information content (AvgIpc) is 2.78. The van der Waals surface area contributed by atoms with Crippen LogP contribution in [0.3, 0.4) is 0 Å². The molecule has 1 fully saturated rings. The van der Waals surface area contributed by atoms with E-state index in [-0.39, 0.29) is 0 Å². The Morgan fingerprint density at radius 1 is 1.57 bits per heavy atom. The number of ether oxygens (including phenoxy) is 2. The van der Waals surface area contributed by atoms with Crippen molar-refractivity contribution in [3.8, 4) is 6.07 Å². The summed E-state index contributed by atoms with van der Waals surface area (Å²) in [6, 6.07) is 2.56. The number of nitrogens with zero attached hydrogens (tertiary/aromatic N) is 2. The molecule has 1 aromatic rings. The number of nitrogens with two attached hydrogens (primary N) is 1. The zero-order chi connectivity index (χ0) is 17.2. The van der Waals surface area contributed by atoms with Gasteiger partial charge in [-0.2, -0.15) is 5.26 Å². The third-order valence-electron chi connectivity index (χ3n) is 3.35. The fourth-order valence-corrected chi connectivity index (χ4v) is 2.20. The third-order valence-corrected chi connectivity index (χ3v) is 3.35. The highest BCUT2D eigenvalue weighted by Gasteiger charge is 2.57. The maximum absolute atomic E-state index is 11.8. The molecule has 1 aliphatic heterocycles. The van der Waals surface area contributed by atoms with Crippen molar-refractivity contribution in [1.29, 1.82) is 5.26 Å². The second kappa shape index (κ2) is 6.31. The van der Waals surface area contributed by atoms with Gasteiger partial charge >= 0.3 is 11.7 Å². The molecule has 23 heavy (non-hydrogen) atoms. The fraction of sp³-hybridized carbons (Fsp3) is 0.500. The molecule has 4 atom stereocenters.